The Morgan fingerprint density at radius 1 is 1.15 bits per heavy atom. The fraction of sp³-hybridized carbons (Fsp3) is 0.176. The molecule has 138 valence electrons. The Kier molecular flexibility index (Phi) is 5.63. The van der Waals surface area contributed by atoms with Gasteiger partial charge < -0.3 is 15.2 Å². The average Bonchev–Trinajstić information content (AvgIpc) is 2.56. The lowest BCUT2D eigenvalue weighted by Gasteiger charge is -2.14. The van der Waals surface area contributed by atoms with E-state index in [4.69, 9.17) is 9.88 Å². The van der Waals surface area contributed by atoms with Crippen molar-refractivity contribution in [2.24, 2.45) is 5.14 Å². The van der Waals surface area contributed by atoms with Gasteiger partial charge in [-0.1, -0.05) is 12.1 Å². The van der Waals surface area contributed by atoms with Gasteiger partial charge >= 0.3 is 5.97 Å². The van der Waals surface area contributed by atoms with Crippen LogP contribution in [-0.2, 0) is 19.6 Å². The smallest absolute Gasteiger partial charge is 0.342 e. The molecule has 0 radical (unpaired) electrons. The minimum atomic E-state index is -3.82. The molecule has 8 nitrogen and oxygen atoms in total. The number of benzene rings is 2. The number of carbonyl (C=O) groups excluding carboxylic acids is 2. The minimum Gasteiger partial charge on any atom is -0.507 e. The van der Waals surface area contributed by atoms with E-state index in [2.05, 4.69) is 5.32 Å². The first-order chi connectivity index (χ1) is 12.1. The highest BCUT2D eigenvalue weighted by Gasteiger charge is 2.21. The second-order valence-corrected chi connectivity index (χ2v) is 7.14. The van der Waals surface area contributed by atoms with Crippen LogP contribution in [0.25, 0.3) is 0 Å². The monoisotopic (exact) mass is 378 g/mol. The number of phenols is 1. The summed E-state index contributed by atoms with van der Waals surface area (Å²) in [7, 11) is -3.82. The lowest BCUT2D eigenvalue weighted by molar-refractivity contribution is -0.123. The number of primary sulfonamides is 1. The fourth-order valence-electron chi connectivity index (χ4n) is 2.07. The first-order valence-electron chi connectivity index (χ1n) is 7.53. The Balaban J connectivity index is 2.03. The van der Waals surface area contributed by atoms with Gasteiger partial charge in [0.2, 0.25) is 10.0 Å². The summed E-state index contributed by atoms with van der Waals surface area (Å²) in [6.07, 6.45) is -1.14. The van der Waals surface area contributed by atoms with Crippen molar-refractivity contribution in [2.45, 2.75) is 24.8 Å². The van der Waals surface area contributed by atoms with E-state index in [9.17, 15) is 23.1 Å². The number of hydrogen-bond acceptors (Lipinski definition) is 6. The van der Waals surface area contributed by atoms with E-state index in [1.54, 1.807) is 19.1 Å². The van der Waals surface area contributed by atoms with Crippen LogP contribution in [0.4, 0.5) is 5.69 Å². The van der Waals surface area contributed by atoms with Crippen LogP contribution in [0.15, 0.2) is 47.4 Å². The largest absolute Gasteiger partial charge is 0.507 e. The molecule has 26 heavy (non-hydrogen) atoms. The zero-order chi connectivity index (χ0) is 19.5. The molecule has 0 unspecified atom stereocenters. The number of phenolic OH excluding ortho intramolecular Hbond substituents is 1. The Morgan fingerprint density at radius 2 is 1.77 bits per heavy atom. The van der Waals surface area contributed by atoms with Crippen LogP contribution in [0.2, 0.25) is 0 Å². The highest BCUT2D eigenvalue weighted by molar-refractivity contribution is 7.89. The van der Waals surface area contributed by atoms with E-state index in [0.29, 0.717) is 11.3 Å². The third-order valence-corrected chi connectivity index (χ3v) is 4.49. The minimum absolute atomic E-state index is 0.0397. The van der Waals surface area contributed by atoms with Crippen LogP contribution in [0.5, 0.6) is 5.75 Å². The maximum atomic E-state index is 12.1. The van der Waals surface area contributed by atoms with Crippen molar-refractivity contribution in [3.05, 3.63) is 53.6 Å². The summed E-state index contributed by atoms with van der Waals surface area (Å²) in [5.41, 5.74) is 0.775. The standard InChI is InChI=1S/C17H18N2O6S/c1-10-4-3-5-14(15(10)20)17(22)25-11(2)16(21)19-12-6-8-13(9-7-12)26(18,23)24/h3-9,11,20H,1-2H3,(H,19,21)(H2,18,23,24)/t11-/m0/s1. The van der Waals surface area contributed by atoms with E-state index < -0.39 is 28.0 Å². The van der Waals surface area contributed by atoms with E-state index >= 15 is 0 Å². The molecule has 0 aliphatic rings. The molecule has 0 aromatic heterocycles. The van der Waals surface area contributed by atoms with E-state index in [-0.39, 0.29) is 16.2 Å². The number of aromatic hydroxyl groups is 1. The second-order valence-electron chi connectivity index (χ2n) is 5.58. The Morgan fingerprint density at radius 3 is 2.35 bits per heavy atom. The number of nitrogens with two attached hydrogens (primary N) is 1. The fourth-order valence-corrected chi connectivity index (χ4v) is 2.59. The van der Waals surface area contributed by atoms with Crippen LogP contribution >= 0.6 is 0 Å². The van der Waals surface area contributed by atoms with Crippen LogP contribution in [0, 0.1) is 6.92 Å². The van der Waals surface area contributed by atoms with Gasteiger partial charge in [-0.25, -0.2) is 18.4 Å². The lowest BCUT2D eigenvalue weighted by Crippen LogP contribution is -2.30. The number of esters is 1. The number of sulfonamides is 1. The third-order valence-electron chi connectivity index (χ3n) is 3.56. The molecule has 0 spiro atoms. The number of carbonyl (C=O) groups is 2. The SMILES string of the molecule is Cc1cccc(C(=O)O[C@@H](C)C(=O)Nc2ccc(S(N)(=O)=O)cc2)c1O. The molecule has 2 aromatic carbocycles. The molecule has 1 atom stereocenters. The van der Waals surface area contributed by atoms with Gasteiger partial charge in [-0.3, -0.25) is 4.79 Å². The number of para-hydroxylation sites is 1. The van der Waals surface area contributed by atoms with Crippen LogP contribution in [-0.4, -0.2) is 31.5 Å². The number of hydrogen-bond donors (Lipinski definition) is 3. The molecule has 0 aliphatic heterocycles. The zero-order valence-electron chi connectivity index (χ0n) is 14.1. The maximum Gasteiger partial charge on any atom is 0.342 e. The second kappa shape index (κ2) is 7.54. The van der Waals surface area contributed by atoms with Crippen LogP contribution in [0.1, 0.15) is 22.8 Å². The van der Waals surface area contributed by atoms with Gasteiger partial charge in [0.05, 0.1) is 4.90 Å². The first-order valence-corrected chi connectivity index (χ1v) is 9.07. The molecule has 0 saturated heterocycles. The lowest BCUT2D eigenvalue weighted by atomic mass is 10.1. The molecule has 9 heteroatoms. The third kappa shape index (κ3) is 4.58. The molecule has 0 bridgehead atoms. The normalized spacial score (nSPS) is 12.3. The number of rotatable bonds is 5. The quantitative estimate of drug-likeness (QED) is 0.675. The average molecular weight is 378 g/mol. The molecule has 0 heterocycles. The van der Waals surface area contributed by atoms with Gasteiger partial charge in [0.1, 0.15) is 11.3 Å². The highest BCUT2D eigenvalue weighted by Crippen LogP contribution is 2.22. The Hall–Kier alpha value is -2.91. The Labute approximate surface area is 150 Å². The molecule has 1 amide bonds. The number of aryl methyl sites for hydroxylation is 1. The highest BCUT2D eigenvalue weighted by atomic mass is 32.2. The van der Waals surface area contributed by atoms with Gasteiger partial charge in [-0.05, 0) is 49.7 Å². The summed E-state index contributed by atoms with van der Waals surface area (Å²) in [6, 6.07) is 9.81. The van der Waals surface area contributed by atoms with E-state index in [0.717, 1.165) is 0 Å². The topological polar surface area (TPSA) is 136 Å². The summed E-state index contributed by atoms with van der Waals surface area (Å²) >= 11 is 0. The van der Waals surface area contributed by atoms with Gasteiger partial charge in [0, 0.05) is 5.69 Å². The molecule has 2 aromatic rings. The van der Waals surface area contributed by atoms with Crippen LogP contribution < -0.4 is 10.5 Å². The molecule has 0 saturated carbocycles. The van der Waals surface area contributed by atoms with Gasteiger partial charge in [-0.15, -0.1) is 0 Å². The zero-order valence-corrected chi connectivity index (χ0v) is 14.9. The summed E-state index contributed by atoms with van der Waals surface area (Å²) in [5.74, 6) is -1.66. The van der Waals surface area contributed by atoms with Crippen molar-refractivity contribution in [1.29, 1.82) is 0 Å². The number of ether oxygens (including phenoxy) is 1. The predicted octanol–water partition coefficient (Wildman–Crippen LogP) is 1.53. The maximum absolute atomic E-state index is 12.1. The number of anilines is 1. The number of amides is 1. The van der Waals surface area contributed by atoms with Gasteiger partial charge in [0.25, 0.3) is 5.91 Å². The van der Waals surface area contributed by atoms with Crippen molar-refractivity contribution in [2.75, 3.05) is 5.32 Å². The predicted molar refractivity (Wildman–Crippen MR) is 94.2 cm³/mol. The molecule has 0 fully saturated rings. The van der Waals surface area contributed by atoms with Crippen molar-refractivity contribution < 1.29 is 27.9 Å². The van der Waals surface area contributed by atoms with E-state index in [1.165, 1.54) is 37.3 Å². The molecule has 2 rings (SSSR count). The summed E-state index contributed by atoms with van der Waals surface area (Å²) < 4.78 is 27.4. The van der Waals surface area contributed by atoms with Crippen molar-refractivity contribution in [1.82, 2.24) is 0 Å². The van der Waals surface area contributed by atoms with Crippen LogP contribution in [0.3, 0.4) is 0 Å². The Bertz CT molecular complexity index is 938. The summed E-state index contributed by atoms with van der Waals surface area (Å²) in [5, 5.41) is 17.4. The van der Waals surface area contributed by atoms with Gasteiger partial charge in [0.15, 0.2) is 6.10 Å². The first kappa shape index (κ1) is 19.4. The van der Waals surface area contributed by atoms with Gasteiger partial charge in [-0.2, -0.15) is 0 Å². The summed E-state index contributed by atoms with van der Waals surface area (Å²) in [6.45, 7) is 3.01. The van der Waals surface area contributed by atoms with E-state index in [1.807, 2.05) is 0 Å². The van der Waals surface area contributed by atoms with Crippen molar-refractivity contribution in [3.8, 4) is 5.75 Å². The molecular formula is C17H18N2O6S. The molecule has 0 aliphatic carbocycles. The van der Waals surface area contributed by atoms with Crippen molar-refractivity contribution in [3.63, 3.8) is 0 Å². The van der Waals surface area contributed by atoms with Crippen molar-refractivity contribution >= 4 is 27.6 Å². The summed E-state index contributed by atoms with van der Waals surface area (Å²) in [4.78, 5) is 24.1. The molecular weight excluding hydrogens is 360 g/mol. The number of nitrogens with one attached hydrogen (secondary N) is 1. The molecule has 4 N–H and O–H groups in total.